The largest absolute Gasteiger partial charge is 0.469 e. The summed E-state index contributed by atoms with van der Waals surface area (Å²) in [5, 5.41) is 0. The summed E-state index contributed by atoms with van der Waals surface area (Å²) in [5.74, 6) is -4.14. The molecule has 0 amide bonds. The zero-order valence-corrected chi connectivity index (χ0v) is 9.54. The van der Waals surface area contributed by atoms with Crippen LogP contribution in [0.15, 0.2) is 0 Å². The monoisotopic (exact) mass is 237 g/mol. The van der Waals surface area contributed by atoms with Crippen molar-refractivity contribution in [1.82, 2.24) is 4.90 Å². The third-order valence-electron chi connectivity index (χ3n) is 2.62. The average Bonchev–Trinajstić information content (AvgIpc) is 2.23. The van der Waals surface area contributed by atoms with Crippen LogP contribution in [-0.4, -0.2) is 57.3 Å². The smallest absolute Gasteiger partial charge is 0.310 e. The summed E-state index contributed by atoms with van der Waals surface area (Å²) in [4.78, 5) is 12.8. The lowest BCUT2D eigenvalue weighted by molar-refractivity contribution is -0.156. The lowest BCUT2D eigenvalue weighted by atomic mass is 9.95. The van der Waals surface area contributed by atoms with Crippen molar-refractivity contribution in [2.45, 2.75) is 12.3 Å². The Balaban J connectivity index is 2.58. The zero-order chi connectivity index (χ0) is 12.2. The molecule has 6 heteroatoms. The average molecular weight is 237 g/mol. The van der Waals surface area contributed by atoms with Gasteiger partial charge in [-0.15, -0.1) is 0 Å². The molecule has 16 heavy (non-hydrogen) atoms. The van der Waals surface area contributed by atoms with Crippen molar-refractivity contribution in [3.05, 3.63) is 0 Å². The molecule has 4 nitrogen and oxygen atoms in total. The van der Waals surface area contributed by atoms with Crippen molar-refractivity contribution in [1.29, 1.82) is 0 Å². The van der Waals surface area contributed by atoms with Gasteiger partial charge in [-0.25, -0.2) is 8.78 Å². The number of methoxy groups -OCH3 is 2. The fourth-order valence-electron chi connectivity index (χ4n) is 1.91. The summed E-state index contributed by atoms with van der Waals surface area (Å²) < 4.78 is 36.0. The number of halogens is 2. The first-order valence-electron chi connectivity index (χ1n) is 5.15. The first-order chi connectivity index (χ1) is 7.48. The van der Waals surface area contributed by atoms with Gasteiger partial charge in [0.15, 0.2) is 0 Å². The molecule has 1 fully saturated rings. The summed E-state index contributed by atoms with van der Waals surface area (Å²) in [6.45, 7) is 0.777. The molecule has 1 atom stereocenters. The molecule has 1 saturated heterocycles. The number of ether oxygens (including phenoxy) is 2. The van der Waals surface area contributed by atoms with Gasteiger partial charge in [-0.2, -0.15) is 0 Å². The van der Waals surface area contributed by atoms with Crippen LogP contribution in [0, 0.1) is 5.92 Å². The van der Waals surface area contributed by atoms with Crippen molar-refractivity contribution in [2.75, 3.05) is 40.5 Å². The number of rotatable bonds is 4. The number of nitrogens with zero attached hydrogens (tertiary/aromatic N) is 1. The first-order valence-corrected chi connectivity index (χ1v) is 5.15. The van der Waals surface area contributed by atoms with Crippen LogP contribution in [0.4, 0.5) is 8.78 Å². The quantitative estimate of drug-likeness (QED) is 0.677. The Kier molecular flexibility index (Phi) is 4.61. The number of piperidine rings is 1. The van der Waals surface area contributed by atoms with E-state index in [-0.39, 0.29) is 6.54 Å². The van der Waals surface area contributed by atoms with Crippen LogP contribution >= 0.6 is 0 Å². The normalized spacial score (nSPS) is 25.4. The maximum absolute atomic E-state index is 13.3. The van der Waals surface area contributed by atoms with Crippen molar-refractivity contribution >= 4 is 5.97 Å². The molecule has 0 radical (unpaired) electrons. The fraction of sp³-hybridized carbons (Fsp3) is 0.900. The summed E-state index contributed by atoms with van der Waals surface area (Å²) in [6, 6.07) is 0. The van der Waals surface area contributed by atoms with E-state index in [1.165, 1.54) is 19.1 Å². The number of likely N-dealkylation sites (tertiary alicyclic amines) is 1. The minimum atomic E-state index is -2.83. The number of carbonyl (C=O) groups excluding carboxylic acids is 1. The maximum atomic E-state index is 13.3. The molecule has 0 aliphatic carbocycles. The molecule has 0 saturated carbocycles. The van der Waals surface area contributed by atoms with Crippen LogP contribution in [0.1, 0.15) is 6.42 Å². The second-order valence-corrected chi connectivity index (χ2v) is 4.01. The Labute approximate surface area is 93.5 Å². The highest BCUT2D eigenvalue weighted by Gasteiger charge is 2.43. The minimum Gasteiger partial charge on any atom is -0.469 e. The van der Waals surface area contributed by atoms with Gasteiger partial charge >= 0.3 is 5.97 Å². The van der Waals surface area contributed by atoms with E-state index in [4.69, 9.17) is 4.74 Å². The molecule has 1 aliphatic rings. The van der Waals surface area contributed by atoms with Crippen LogP contribution in [0.25, 0.3) is 0 Å². The number of alkyl halides is 2. The van der Waals surface area contributed by atoms with Crippen molar-refractivity contribution in [2.24, 2.45) is 5.92 Å². The minimum absolute atomic E-state index is 0.311. The lowest BCUT2D eigenvalue weighted by Gasteiger charge is -2.36. The van der Waals surface area contributed by atoms with E-state index in [0.717, 1.165) is 0 Å². The molecule has 0 aromatic carbocycles. The van der Waals surface area contributed by atoms with Crippen molar-refractivity contribution < 1.29 is 23.0 Å². The second-order valence-electron chi connectivity index (χ2n) is 4.01. The van der Waals surface area contributed by atoms with Gasteiger partial charge in [0, 0.05) is 26.6 Å². The Morgan fingerprint density at radius 2 is 2.19 bits per heavy atom. The van der Waals surface area contributed by atoms with Crippen molar-refractivity contribution in [3.8, 4) is 0 Å². The molecule has 1 unspecified atom stereocenters. The van der Waals surface area contributed by atoms with Gasteiger partial charge in [0.05, 0.1) is 26.2 Å². The van der Waals surface area contributed by atoms with Crippen LogP contribution < -0.4 is 0 Å². The number of carbonyl (C=O) groups is 1. The number of hydrogen-bond acceptors (Lipinski definition) is 4. The summed E-state index contributed by atoms with van der Waals surface area (Å²) in [6.07, 6.45) is -0.427. The van der Waals surface area contributed by atoms with E-state index in [2.05, 4.69) is 4.74 Å². The highest BCUT2D eigenvalue weighted by Crippen LogP contribution is 2.30. The third-order valence-corrected chi connectivity index (χ3v) is 2.62. The van der Waals surface area contributed by atoms with E-state index in [1.807, 2.05) is 0 Å². The maximum Gasteiger partial charge on any atom is 0.310 e. The Morgan fingerprint density at radius 3 is 2.75 bits per heavy atom. The molecule has 0 aromatic rings. The van der Waals surface area contributed by atoms with Crippen LogP contribution in [0.3, 0.4) is 0 Å². The van der Waals surface area contributed by atoms with E-state index in [9.17, 15) is 13.6 Å². The van der Waals surface area contributed by atoms with Crippen molar-refractivity contribution in [3.63, 3.8) is 0 Å². The number of esters is 1. The van der Waals surface area contributed by atoms with Gasteiger partial charge in [0.25, 0.3) is 5.92 Å². The summed E-state index contributed by atoms with van der Waals surface area (Å²) in [7, 11) is 2.73. The number of hydrogen-bond donors (Lipinski definition) is 0. The van der Waals surface area contributed by atoms with Gasteiger partial charge in [-0.3, -0.25) is 9.69 Å². The zero-order valence-electron chi connectivity index (χ0n) is 9.54. The molecular weight excluding hydrogens is 220 g/mol. The highest BCUT2D eigenvalue weighted by molar-refractivity contribution is 5.72. The molecule has 1 aliphatic heterocycles. The Hall–Kier alpha value is -0.750. The van der Waals surface area contributed by atoms with Gasteiger partial charge in [-0.1, -0.05) is 0 Å². The molecule has 1 rings (SSSR count). The van der Waals surface area contributed by atoms with Crippen LogP contribution in [0.5, 0.6) is 0 Å². The van der Waals surface area contributed by atoms with Gasteiger partial charge < -0.3 is 9.47 Å². The predicted octanol–water partition coefficient (Wildman–Crippen LogP) is 0.763. The van der Waals surface area contributed by atoms with E-state index in [0.29, 0.717) is 19.7 Å². The molecule has 0 spiro atoms. The van der Waals surface area contributed by atoms with Crippen LogP contribution in [-0.2, 0) is 14.3 Å². The molecule has 1 heterocycles. The summed E-state index contributed by atoms with van der Waals surface area (Å²) in [5.41, 5.74) is 0. The molecule has 0 N–H and O–H groups in total. The predicted molar refractivity (Wildman–Crippen MR) is 53.4 cm³/mol. The summed E-state index contributed by atoms with van der Waals surface area (Å²) >= 11 is 0. The first kappa shape index (κ1) is 13.3. The third kappa shape index (κ3) is 3.68. The molecule has 0 aromatic heterocycles. The Morgan fingerprint density at radius 1 is 1.50 bits per heavy atom. The standard InChI is InChI=1S/C10H17F2NO3/c1-15-4-3-13-6-8(9(14)16-2)5-10(11,12)7-13/h8H,3-7H2,1-2H3. The van der Waals surface area contributed by atoms with Gasteiger partial charge in [0.2, 0.25) is 0 Å². The van der Waals surface area contributed by atoms with E-state index < -0.39 is 24.2 Å². The highest BCUT2D eigenvalue weighted by atomic mass is 19.3. The second kappa shape index (κ2) is 5.54. The lowest BCUT2D eigenvalue weighted by Crippen LogP contribution is -2.50. The molecule has 0 bridgehead atoms. The van der Waals surface area contributed by atoms with Gasteiger partial charge in [0.1, 0.15) is 0 Å². The van der Waals surface area contributed by atoms with Gasteiger partial charge in [-0.05, 0) is 0 Å². The molecule has 94 valence electrons. The van der Waals surface area contributed by atoms with E-state index in [1.54, 1.807) is 0 Å². The molecular formula is C10H17F2NO3. The SMILES string of the molecule is COCCN1CC(C(=O)OC)CC(F)(F)C1. The van der Waals surface area contributed by atoms with E-state index >= 15 is 0 Å². The Bertz CT molecular complexity index is 248. The van der Waals surface area contributed by atoms with Crippen LogP contribution in [0.2, 0.25) is 0 Å². The fourth-order valence-corrected chi connectivity index (χ4v) is 1.91. The topological polar surface area (TPSA) is 38.8 Å².